The van der Waals surface area contributed by atoms with Crippen LogP contribution >= 0.6 is 11.8 Å². The lowest BCUT2D eigenvalue weighted by Crippen LogP contribution is -2.51. The second-order valence-electron chi connectivity index (χ2n) is 4.94. The van der Waals surface area contributed by atoms with Crippen molar-refractivity contribution in [3.8, 4) is 0 Å². The molecule has 6 heteroatoms. The molecule has 1 atom stereocenters. The Morgan fingerprint density at radius 3 is 2.29 bits per heavy atom. The molecule has 0 radical (unpaired) electrons. The number of nitrogens with one attached hydrogen (secondary N) is 1. The third kappa shape index (κ3) is 4.46. The molecule has 1 heterocycles. The van der Waals surface area contributed by atoms with Crippen molar-refractivity contribution in [1.29, 1.82) is 0 Å². The fourth-order valence-electron chi connectivity index (χ4n) is 1.38. The Balaban J connectivity index is 2.54. The summed E-state index contributed by atoms with van der Waals surface area (Å²) in [6, 6.07) is -0.601. The standard InChI is InChI=1S/C11H19NO4S/c1-11(2,3)16-10(14)12-8(9(13)15-4)7-5-17-6-7/h7-8H,5-6H2,1-4H3,(H,12,14)/t8-/m1/s1. The molecule has 0 aromatic heterocycles. The first kappa shape index (κ1) is 14.2. The van der Waals surface area contributed by atoms with Gasteiger partial charge in [0.25, 0.3) is 0 Å². The van der Waals surface area contributed by atoms with Gasteiger partial charge in [-0.05, 0) is 32.3 Å². The molecule has 0 aromatic carbocycles. The Morgan fingerprint density at radius 1 is 1.35 bits per heavy atom. The van der Waals surface area contributed by atoms with E-state index in [4.69, 9.17) is 4.74 Å². The highest BCUT2D eigenvalue weighted by Gasteiger charge is 2.36. The Labute approximate surface area is 106 Å². The van der Waals surface area contributed by atoms with Crippen LogP contribution in [0, 0.1) is 5.92 Å². The second kappa shape index (κ2) is 5.62. The van der Waals surface area contributed by atoms with Crippen LogP contribution in [0.1, 0.15) is 20.8 Å². The van der Waals surface area contributed by atoms with Gasteiger partial charge in [0.1, 0.15) is 11.6 Å². The molecule has 0 bridgehead atoms. The molecule has 1 fully saturated rings. The van der Waals surface area contributed by atoms with E-state index in [2.05, 4.69) is 10.1 Å². The van der Waals surface area contributed by atoms with Crippen LogP contribution in [0.2, 0.25) is 0 Å². The molecule has 1 aliphatic rings. The summed E-state index contributed by atoms with van der Waals surface area (Å²) in [5.74, 6) is 1.44. The molecule has 1 amide bonds. The Morgan fingerprint density at radius 2 is 1.94 bits per heavy atom. The lowest BCUT2D eigenvalue weighted by Gasteiger charge is -2.32. The SMILES string of the molecule is COC(=O)[C@H](NC(=O)OC(C)(C)C)C1CSC1. The van der Waals surface area contributed by atoms with Crippen LogP contribution in [0.15, 0.2) is 0 Å². The number of esters is 1. The van der Waals surface area contributed by atoms with Crippen molar-refractivity contribution in [3.63, 3.8) is 0 Å². The van der Waals surface area contributed by atoms with E-state index in [0.717, 1.165) is 11.5 Å². The Bertz CT molecular complexity index is 296. The van der Waals surface area contributed by atoms with Gasteiger partial charge in [0.2, 0.25) is 0 Å². The number of thioether (sulfide) groups is 1. The maximum absolute atomic E-state index is 11.6. The summed E-state index contributed by atoms with van der Waals surface area (Å²) in [6.07, 6.45) is -0.579. The molecule has 0 spiro atoms. The van der Waals surface area contributed by atoms with Gasteiger partial charge in [0.05, 0.1) is 7.11 Å². The van der Waals surface area contributed by atoms with Crippen molar-refractivity contribution in [2.24, 2.45) is 5.92 Å². The molecule has 1 rings (SSSR count). The summed E-state index contributed by atoms with van der Waals surface area (Å²) < 4.78 is 9.80. The minimum atomic E-state index is -0.601. The molecule has 98 valence electrons. The lowest BCUT2D eigenvalue weighted by atomic mass is 10.0. The smallest absolute Gasteiger partial charge is 0.408 e. The van der Waals surface area contributed by atoms with Crippen LogP contribution in [0.3, 0.4) is 0 Å². The van der Waals surface area contributed by atoms with Gasteiger partial charge in [-0.3, -0.25) is 0 Å². The fourth-order valence-corrected chi connectivity index (χ4v) is 2.27. The van der Waals surface area contributed by atoms with Crippen molar-refractivity contribution in [2.45, 2.75) is 32.4 Å². The number of rotatable bonds is 3. The van der Waals surface area contributed by atoms with E-state index in [-0.39, 0.29) is 5.92 Å². The van der Waals surface area contributed by atoms with Gasteiger partial charge in [0, 0.05) is 5.92 Å². The first-order chi connectivity index (χ1) is 7.83. The molecule has 5 nitrogen and oxygen atoms in total. The van der Waals surface area contributed by atoms with E-state index in [9.17, 15) is 9.59 Å². The average molecular weight is 261 g/mol. The highest BCUT2D eigenvalue weighted by Crippen LogP contribution is 2.28. The van der Waals surface area contributed by atoms with Crippen LogP contribution in [-0.2, 0) is 14.3 Å². The van der Waals surface area contributed by atoms with Gasteiger partial charge in [-0.25, -0.2) is 9.59 Å². The normalized spacial score (nSPS) is 17.9. The van der Waals surface area contributed by atoms with Crippen molar-refractivity contribution in [3.05, 3.63) is 0 Å². The van der Waals surface area contributed by atoms with Crippen molar-refractivity contribution >= 4 is 23.8 Å². The molecule has 0 aromatic rings. The van der Waals surface area contributed by atoms with Crippen LogP contribution in [0.4, 0.5) is 4.79 Å². The zero-order chi connectivity index (χ0) is 13.1. The molecule has 1 saturated heterocycles. The van der Waals surface area contributed by atoms with E-state index < -0.39 is 23.7 Å². The average Bonchev–Trinajstić information content (AvgIpc) is 2.09. The third-order valence-corrected chi connectivity index (χ3v) is 3.59. The van der Waals surface area contributed by atoms with Crippen LogP contribution in [0.5, 0.6) is 0 Å². The molecule has 1 N–H and O–H groups in total. The number of hydrogen-bond acceptors (Lipinski definition) is 5. The quantitative estimate of drug-likeness (QED) is 0.778. The van der Waals surface area contributed by atoms with Crippen LogP contribution < -0.4 is 5.32 Å². The van der Waals surface area contributed by atoms with E-state index in [1.807, 2.05) is 0 Å². The van der Waals surface area contributed by atoms with Gasteiger partial charge in [-0.2, -0.15) is 11.8 Å². The number of ether oxygens (including phenoxy) is 2. The zero-order valence-electron chi connectivity index (χ0n) is 10.6. The molecular weight excluding hydrogens is 242 g/mol. The highest BCUT2D eigenvalue weighted by atomic mass is 32.2. The first-order valence-electron chi connectivity index (χ1n) is 5.48. The van der Waals surface area contributed by atoms with Gasteiger partial charge in [-0.1, -0.05) is 0 Å². The number of amides is 1. The Hall–Kier alpha value is -0.910. The molecule has 17 heavy (non-hydrogen) atoms. The predicted molar refractivity (Wildman–Crippen MR) is 66.0 cm³/mol. The molecule has 0 aliphatic carbocycles. The largest absolute Gasteiger partial charge is 0.467 e. The van der Waals surface area contributed by atoms with Crippen LogP contribution in [-0.4, -0.2) is 42.3 Å². The number of carbonyl (C=O) groups excluding carboxylic acids is 2. The summed E-state index contributed by atoms with van der Waals surface area (Å²) in [4.78, 5) is 23.1. The van der Waals surface area contributed by atoms with Crippen molar-refractivity contribution in [2.75, 3.05) is 18.6 Å². The number of carbonyl (C=O) groups is 2. The lowest BCUT2D eigenvalue weighted by molar-refractivity contribution is -0.144. The summed E-state index contributed by atoms with van der Waals surface area (Å²) in [7, 11) is 1.32. The maximum atomic E-state index is 11.6. The molecule has 1 aliphatic heterocycles. The van der Waals surface area contributed by atoms with E-state index >= 15 is 0 Å². The van der Waals surface area contributed by atoms with E-state index in [1.54, 1.807) is 32.5 Å². The summed E-state index contributed by atoms with van der Waals surface area (Å²) in [6.45, 7) is 5.33. The van der Waals surface area contributed by atoms with E-state index in [1.165, 1.54) is 7.11 Å². The summed E-state index contributed by atoms with van der Waals surface area (Å²) in [5.41, 5.74) is -0.570. The minimum absolute atomic E-state index is 0.139. The molecule has 0 unspecified atom stereocenters. The zero-order valence-corrected chi connectivity index (χ0v) is 11.4. The summed E-state index contributed by atoms with van der Waals surface area (Å²) >= 11 is 1.74. The predicted octanol–water partition coefficient (Wildman–Crippen LogP) is 1.42. The van der Waals surface area contributed by atoms with E-state index in [0.29, 0.717) is 0 Å². The first-order valence-corrected chi connectivity index (χ1v) is 6.64. The maximum Gasteiger partial charge on any atom is 0.408 e. The van der Waals surface area contributed by atoms with Gasteiger partial charge < -0.3 is 14.8 Å². The topological polar surface area (TPSA) is 64.6 Å². The number of alkyl carbamates (subject to hydrolysis) is 1. The van der Waals surface area contributed by atoms with Crippen LogP contribution in [0.25, 0.3) is 0 Å². The fraction of sp³-hybridized carbons (Fsp3) is 0.818. The van der Waals surface area contributed by atoms with Crippen molar-refractivity contribution in [1.82, 2.24) is 5.32 Å². The second-order valence-corrected chi connectivity index (χ2v) is 6.02. The van der Waals surface area contributed by atoms with Crippen molar-refractivity contribution < 1.29 is 19.1 Å². The highest BCUT2D eigenvalue weighted by molar-refractivity contribution is 8.00. The monoisotopic (exact) mass is 261 g/mol. The number of methoxy groups -OCH3 is 1. The minimum Gasteiger partial charge on any atom is -0.467 e. The van der Waals surface area contributed by atoms with Gasteiger partial charge in [-0.15, -0.1) is 0 Å². The third-order valence-electron chi connectivity index (χ3n) is 2.26. The summed E-state index contributed by atoms with van der Waals surface area (Å²) in [5, 5.41) is 2.58. The van der Waals surface area contributed by atoms with Gasteiger partial charge >= 0.3 is 12.1 Å². The van der Waals surface area contributed by atoms with Gasteiger partial charge in [0.15, 0.2) is 0 Å². The Kier molecular flexibility index (Phi) is 4.68. The number of hydrogen-bond donors (Lipinski definition) is 1. The molecule has 0 saturated carbocycles. The molecular formula is C11H19NO4S.